The number of aromatic nitrogens is 2. The molecule has 4 aromatic heterocycles. The summed E-state index contributed by atoms with van der Waals surface area (Å²) in [5.74, 6) is -7.86. The van der Waals surface area contributed by atoms with Crippen molar-refractivity contribution in [3.8, 4) is 57.5 Å². The van der Waals surface area contributed by atoms with Gasteiger partial charge in [0.1, 0.15) is 33.5 Å². The molecular weight excluding hydrogens is 2210 g/mol. The van der Waals surface area contributed by atoms with Gasteiger partial charge in [-0.3, -0.25) is 19.9 Å². The van der Waals surface area contributed by atoms with Crippen LogP contribution in [0.3, 0.4) is 0 Å². The largest absolute Gasteiger partial charge is 0.488 e. The molecule has 42 nitrogen and oxygen atoms in total. The van der Waals surface area contributed by atoms with Gasteiger partial charge in [0, 0.05) is 74.5 Å². The Hall–Kier alpha value is -11.6. The molecule has 730 valence electrons. The molecule has 0 saturated carbocycles. The number of nitrogens with zero attached hydrogens (tertiary/aromatic N) is 3. The van der Waals surface area contributed by atoms with Crippen molar-refractivity contribution in [3.05, 3.63) is 247 Å². The number of ketones is 1. The Kier molecular flexibility index (Phi) is 37.7. The van der Waals surface area contributed by atoms with Crippen molar-refractivity contribution in [2.75, 3.05) is 7.11 Å². The number of non-ortho nitro benzene ring substituents is 1. The molecule has 0 aliphatic carbocycles. The van der Waals surface area contributed by atoms with E-state index >= 15 is 0 Å². The number of nitro benzene ring substituents is 1. The maximum Gasteiger partial charge on any atom is 0.488 e. The molecule has 0 aliphatic rings. The van der Waals surface area contributed by atoms with Crippen molar-refractivity contribution >= 4 is 248 Å². The number of halogens is 16. The second-order valence-corrected chi connectivity index (χ2v) is 36.9. The third-order valence-electron chi connectivity index (χ3n) is 14.1. The van der Waals surface area contributed by atoms with Crippen LogP contribution in [0, 0.1) is 24.0 Å². The highest BCUT2D eigenvalue weighted by atomic mass is 35.5. The SMILES string of the molecule is CC(=O)c1c(OS(=O)(=O)F)ccc2c(C)cc(=O)oc12.COC(=O)c1ccccc1OS(=O)(=O)F.Cc1ccc2c(Cl)cc(Cl)c(OS(=O)(=O)F)c2n1.O=S(=O)(F)Oc1c(Cl)cc(Cl)cc1Sc1cc(Cl)cc(Cl)c1OS(=O)(=O)F.O=S(=O)(F)Oc1cc(OS(=O)(=O)F)cc(OS(=O)(=O)F)c1.O=[N+]([O-])c1ccc(OS(=O)(=O)F)c2ncccc12.O=c1ccc2cc(OS(=O)(=O)F)ccc2o1. The first-order valence-electron chi connectivity index (χ1n) is 33.0. The van der Waals surface area contributed by atoms with E-state index in [1.165, 1.54) is 79.0 Å². The van der Waals surface area contributed by atoms with Crippen LogP contribution in [0.1, 0.15) is 38.9 Å². The summed E-state index contributed by atoms with van der Waals surface area (Å²) in [6.45, 7) is 4.42. The smallest absolute Gasteiger partial charge is 0.465 e. The first kappa shape index (κ1) is 112. The standard InChI is InChI=1S/C12H4Cl4F2O6S3.C12H9FO6S.C10H6Cl2FNO3S.C9H5FN2O5S.C9H5FO5S.C8H7FO5S.C6H3F3O9S3/c13-5-1-7(15)11(23-26(17,19)20)9(3-5)25-10-4-6(14)2-8(16)12(10)24-27(18,21)22;1-6-5-10(15)18-12-8(6)3-4-9(11(12)7(2)14)19-20(13,16)17;1-5-2-3-6-7(11)4-8(12)10(9(6)14-5)17-18(13,15)16;10-18(15,16)17-8-4-3-7(12(13)14)6-2-1-5-11-9(6)8;10-16(12,13)15-7-2-3-8-6(5-7)1-4-9(11)14-8;1-13-8(10)6-4-2-3-5-7(6)14-15(9,11)12;7-19(10,11)16-4-1-5(17-20(8,12)13)3-6(2-4)18-21(9,14)15/h1-4H;3-5H,1-2H3;2-4H,1H3;1-5H;1-5H;2-5H,1H3;1-3H. The number of esters is 1. The van der Waals surface area contributed by atoms with Crippen LogP contribution >= 0.6 is 81.4 Å². The molecule has 0 atom stereocenters. The summed E-state index contributed by atoms with van der Waals surface area (Å²) in [7, 11) is -52.5. The van der Waals surface area contributed by atoms with Crippen LogP contribution in [-0.4, -0.2) is 118 Å². The minimum atomic E-state index is -5.60. The molecule has 0 fully saturated rings. The molecule has 0 aliphatic heterocycles. The summed E-state index contributed by atoms with van der Waals surface area (Å²) in [6, 6.07) is 30.1. The third kappa shape index (κ3) is 38.3. The number of methoxy groups -OCH3 is 1. The summed E-state index contributed by atoms with van der Waals surface area (Å²) >= 11 is 35.6. The van der Waals surface area contributed by atoms with Crippen LogP contribution in [0.2, 0.25) is 30.1 Å². The molecule has 0 N–H and O–H groups in total. The molecule has 0 bridgehead atoms. The van der Waals surface area contributed by atoms with E-state index in [9.17, 15) is 152 Å². The van der Waals surface area contributed by atoms with Gasteiger partial charge >= 0.3 is 122 Å². The van der Waals surface area contributed by atoms with Crippen molar-refractivity contribution in [3.63, 3.8) is 0 Å². The van der Waals surface area contributed by atoms with Gasteiger partial charge < -0.3 is 55.4 Å². The highest BCUT2D eigenvalue weighted by Crippen LogP contribution is 2.49. The van der Waals surface area contributed by atoms with Gasteiger partial charge in [-0.25, -0.2) is 19.4 Å². The van der Waals surface area contributed by atoms with Gasteiger partial charge in [-0.15, -0.1) is 0 Å². The number of benzene rings is 8. The van der Waals surface area contributed by atoms with E-state index in [-0.39, 0.29) is 95.8 Å². The number of rotatable bonds is 25. The number of carbonyl (C=O) groups excluding carboxylic acids is 2. The maximum atomic E-state index is 13.0. The monoisotopic (exact) mass is 2250 g/mol. The lowest BCUT2D eigenvalue weighted by molar-refractivity contribution is -0.383. The molecular formula is C66H39Cl6F10N3O39S11. The topological polar surface area (TPSA) is 606 Å². The second kappa shape index (κ2) is 45.4. The normalized spacial score (nSPS) is 11.8. The lowest BCUT2D eigenvalue weighted by Gasteiger charge is -2.13. The molecule has 0 unspecified atom stereocenters. The van der Waals surface area contributed by atoms with Gasteiger partial charge in [0.2, 0.25) is 0 Å². The van der Waals surface area contributed by atoms with Gasteiger partial charge in [-0.1, -0.05) is 132 Å². The van der Waals surface area contributed by atoms with E-state index in [0.717, 1.165) is 68.6 Å². The third-order valence-corrected chi connectivity index (χ3v) is 20.6. The number of aryl methyl sites for hydroxylation is 2. The molecule has 0 amide bonds. The quantitative estimate of drug-likeness (QED) is 0.00975. The van der Waals surface area contributed by atoms with Crippen LogP contribution in [0.4, 0.5) is 44.5 Å². The number of carbonyl (C=O) groups is 2. The zero-order valence-electron chi connectivity index (χ0n) is 64.9. The summed E-state index contributed by atoms with van der Waals surface area (Å²) in [4.78, 5) is 62.5. The average Bonchev–Trinajstić information content (AvgIpc) is 0.779. The van der Waals surface area contributed by atoms with Crippen LogP contribution < -0.4 is 53.1 Å². The zero-order chi connectivity index (χ0) is 102. The molecule has 4 heterocycles. The predicted octanol–water partition coefficient (Wildman–Crippen LogP) is 15.6. The molecule has 69 heteroatoms. The van der Waals surface area contributed by atoms with Gasteiger partial charge in [0.25, 0.3) is 5.69 Å². The fourth-order valence-corrected chi connectivity index (χ4v) is 16.4. The van der Waals surface area contributed by atoms with Crippen molar-refractivity contribution in [1.82, 2.24) is 9.97 Å². The Morgan fingerprint density at radius 3 is 1.31 bits per heavy atom. The van der Waals surface area contributed by atoms with Crippen LogP contribution in [-0.2, 0) is 110 Å². The molecule has 8 aromatic carbocycles. The summed E-state index contributed by atoms with van der Waals surface area (Å²) in [5, 5.41) is 11.5. The van der Waals surface area contributed by atoms with E-state index in [1.807, 2.05) is 0 Å². The van der Waals surface area contributed by atoms with Crippen molar-refractivity contribution in [1.29, 1.82) is 0 Å². The lowest BCUT2D eigenvalue weighted by Crippen LogP contribution is -2.08. The van der Waals surface area contributed by atoms with Crippen LogP contribution in [0.5, 0.6) is 57.5 Å². The zero-order valence-corrected chi connectivity index (χ0v) is 78.4. The Balaban J connectivity index is 0.000000244. The van der Waals surface area contributed by atoms with Crippen LogP contribution in [0.25, 0.3) is 43.7 Å². The van der Waals surface area contributed by atoms with Crippen LogP contribution in [0.15, 0.2) is 192 Å². The number of hydrogen-bond donors (Lipinski definition) is 0. The molecule has 12 rings (SSSR count). The Bertz CT molecular complexity index is 7850. The number of pyridine rings is 2. The van der Waals surface area contributed by atoms with Gasteiger partial charge in [0.05, 0.1) is 47.3 Å². The predicted molar refractivity (Wildman–Crippen MR) is 452 cm³/mol. The maximum absolute atomic E-state index is 13.0. The highest BCUT2D eigenvalue weighted by Gasteiger charge is 2.29. The molecule has 12 aromatic rings. The van der Waals surface area contributed by atoms with E-state index in [4.69, 9.17) is 78.4 Å². The van der Waals surface area contributed by atoms with Gasteiger partial charge in [-0.05, 0) is 136 Å². The highest BCUT2D eigenvalue weighted by molar-refractivity contribution is 7.99. The fraction of sp³-hybridized carbons (Fsp3) is 0.0606. The van der Waals surface area contributed by atoms with E-state index in [1.54, 1.807) is 26.0 Å². The number of fused-ring (bicyclic) bond motifs is 4. The minimum absolute atomic E-state index is 0.000174. The summed E-state index contributed by atoms with van der Waals surface area (Å²) in [6.07, 6.45) is 1.28. The summed E-state index contributed by atoms with van der Waals surface area (Å²) < 4.78 is 387. The van der Waals surface area contributed by atoms with Gasteiger partial charge in [0.15, 0.2) is 63.1 Å². The number of hydrogen-bond acceptors (Lipinski definition) is 42. The Labute approximate surface area is 786 Å². The lowest BCUT2D eigenvalue weighted by atomic mass is 10.0. The molecule has 0 spiro atoms. The molecule has 135 heavy (non-hydrogen) atoms. The average molecular weight is 2250 g/mol. The van der Waals surface area contributed by atoms with E-state index in [0.29, 0.717) is 57.4 Å². The Morgan fingerprint density at radius 2 is 0.844 bits per heavy atom. The van der Waals surface area contributed by atoms with Crippen molar-refractivity contribution in [2.45, 2.75) is 30.6 Å². The summed E-state index contributed by atoms with van der Waals surface area (Å²) in [5.41, 5.74) is -0.749. The number of nitro groups is 1. The fourth-order valence-electron chi connectivity index (χ4n) is 9.69. The molecule has 0 radical (unpaired) electrons. The number of para-hydroxylation sites is 1. The van der Waals surface area contributed by atoms with Crippen molar-refractivity contribution < 1.29 is 193 Å². The van der Waals surface area contributed by atoms with Gasteiger partial charge in [-0.2, -0.15) is 84.2 Å². The minimum Gasteiger partial charge on any atom is -0.465 e. The number of ether oxygens (including phenoxy) is 1. The Morgan fingerprint density at radius 1 is 0.407 bits per heavy atom. The van der Waals surface area contributed by atoms with E-state index in [2.05, 4.69) is 56.5 Å². The van der Waals surface area contributed by atoms with Crippen molar-refractivity contribution in [2.24, 2.45) is 0 Å². The number of Topliss-reactive ketones (excluding diaryl/α,β-unsaturated/α-hetero) is 1. The first-order chi connectivity index (χ1) is 61.7. The second-order valence-electron chi connectivity index (χ2n) is 23.8. The molecule has 0 saturated heterocycles. The van der Waals surface area contributed by atoms with E-state index < -0.39 is 179 Å². The first-order valence-corrected chi connectivity index (χ1v) is 49.2.